The number of hydrogen-bond donors (Lipinski definition) is 1. The molecule has 16 heavy (non-hydrogen) atoms. The van der Waals surface area contributed by atoms with Crippen LogP contribution in [0.1, 0.15) is 49.8 Å². The van der Waals surface area contributed by atoms with E-state index in [1.807, 2.05) is 25.1 Å². The Morgan fingerprint density at radius 3 is 2.56 bits per heavy atom. The molecule has 0 radical (unpaired) electrons. The third-order valence-corrected chi connectivity index (χ3v) is 3.28. The molecule has 88 valence electrons. The largest absolute Gasteiger partial charge is 0.490 e. The predicted molar refractivity (Wildman–Crippen MR) is 64.7 cm³/mol. The van der Waals surface area contributed by atoms with Gasteiger partial charge < -0.3 is 9.84 Å². The summed E-state index contributed by atoms with van der Waals surface area (Å²) >= 11 is 0. The van der Waals surface area contributed by atoms with Crippen LogP contribution in [0.4, 0.5) is 0 Å². The fourth-order valence-corrected chi connectivity index (χ4v) is 2.25. The molecule has 1 N–H and O–H groups in total. The van der Waals surface area contributed by atoms with Crippen LogP contribution in [0.3, 0.4) is 0 Å². The molecule has 1 atom stereocenters. The molecule has 0 aliphatic heterocycles. The van der Waals surface area contributed by atoms with Crippen molar-refractivity contribution in [2.75, 3.05) is 0 Å². The van der Waals surface area contributed by atoms with Crippen molar-refractivity contribution in [3.05, 3.63) is 29.3 Å². The van der Waals surface area contributed by atoms with Gasteiger partial charge in [-0.3, -0.25) is 0 Å². The first kappa shape index (κ1) is 11.5. The molecule has 2 rings (SSSR count). The lowest BCUT2D eigenvalue weighted by Gasteiger charge is -2.16. The molecule has 0 spiro atoms. The number of aliphatic hydroxyl groups excluding tert-OH is 1. The molecular weight excluding hydrogens is 200 g/mol. The normalized spacial score (nSPS) is 18.7. The SMILES string of the molecule is Cc1cc([C@@H](C)O)ccc1OC1CCCC1. The third-order valence-electron chi connectivity index (χ3n) is 3.28. The molecule has 1 aliphatic carbocycles. The monoisotopic (exact) mass is 220 g/mol. The van der Waals surface area contributed by atoms with Gasteiger partial charge in [-0.15, -0.1) is 0 Å². The summed E-state index contributed by atoms with van der Waals surface area (Å²) in [5.74, 6) is 0.969. The molecule has 0 saturated heterocycles. The molecule has 2 heteroatoms. The summed E-state index contributed by atoms with van der Waals surface area (Å²) in [7, 11) is 0. The van der Waals surface area contributed by atoms with Crippen molar-refractivity contribution in [1.82, 2.24) is 0 Å². The molecule has 1 saturated carbocycles. The predicted octanol–water partition coefficient (Wildman–Crippen LogP) is 3.37. The van der Waals surface area contributed by atoms with Crippen LogP contribution in [-0.4, -0.2) is 11.2 Å². The van der Waals surface area contributed by atoms with Crippen molar-refractivity contribution in [1.29, 1.82) is 0 Å². The fourth-order valence-electron chi connectivity index (χ4n) is 2.25. The molecule has 0 bridgehead atoms. The summed E-state index contributed by atoms with van der Waals surface area (Å²) in [6, 6.07) is 5.94. The third kappa shape index (κ3) is 2.56. The summed E-state index contributed by atoms with van der Waals surface area (Å²) in [5, 5.41) is 9.48. The molecule has 1 aromatic carbocycles. The van der Waals surface area contributed by atoms with Gasteiger partial charge in [-0.2, -0.15) is 0 Å². The molecule has 2 nitrogen and oxygen atoms in total. The minimum absolute atomic E-state index is 0.399. The second-order valence-corrected chi connectivity index (χ2v) is 4.73. The zero-order valence-electron chi connectivity index (χ0n) is 10.1. The van der Waals surface area contributed by atoms with Crippen LogP contribution in [0.25, 0.3) is 0 Å². The van der Waals surface area contributed by atoms with Gasteiger partial charge >= 0.3 is 0 Å². The van der Waals surface area contributed by atoms with E-state index in [9.17, 15) is 5.11 Å². The smallest absolute Gasteiger partial charge is 0.122 e. The lowest BCUT2D eigenvalue weighted by atomic mass is 10.1. The van der Waals surface area contributed by atoms with E-state index < -0.39 is 6.10 Å². The maximum absolute atomic E-state index is 9.48. The van der Waals surface area contributed by atoms with Crippen LogP contribution in [0.15, 0.2) is 18.2 Å². The van der Waals surface area contributed by atoms with Crippen molar-refractivity contribution in [3.63, 3.8) is 0 Å². The Bertz CT molecular complexity index is 352. The number of hydrogen-bond acceptors (Lipinski definition) is 2. The summed E-state index contributed by atoms with van der Waals surface area (Å²) in [6.45, 7) is 3.82. The Balaban J connectivity index is 2.09. The summed E-state index contributed by atoms with van der Waals surface area (Å²) in [4.78, 5) is 0. The maximum atomic E-state index is 9.48. The second-order valence-electron chi connectivity index (χ2n) is 4.73. The van der Waals surface area contributed by atoms with Crippen molar-refractivity contribution >= 4 is 0 Å². The van der Waals surface area contributed by atoms with Crippen LogP contribution in [0.2, 0.25) is 0 Å². The van der Waals surface area contributed by atoms with E-state index in [-0.39, 0.29) is 0 Å². The highest BCUT2D eigenvalue weighted by atomic mass is 16.5. The van der Waals surface area contributed by atoms with Crippen molar-refractivity contribution < 1.29 is 9.84 Å². The minimum Gasteiger partial charge on any atom is -0.490 e. The molecule has 1 aliphatic rings. The number of ether oxygens (including phenoxy) is 1. The van der Waals surface area contributed by atoms with Gasteiger partial charge in [0, 0.05) is 0 Å². The van der Waals surface area contributed by atoms with Gasteiger partial charge in [0.05, 0.1) is 12.2 Å². The number of benzene rings is 1. The molecule has 0 amide bonds. The molecule has 0 heterocycles. The first-order chi connectivity index (χ1) is 7.66. The zero-order chi connectivity index (χ0) is 11.5. The average Bonchev–Trinajstić information content (AvgIpc) is 2.73. The van der Waals surface area contributed by atoms with E-state index in [0.29, 0.717) is 6.10 Å². The Hall–Kier alpha value is -1.02. The van der Waals surface area contributed by atoms with Gasteiger partial charge in [-0.05, 0) is 62.8 Å². The topological polar surface area (TPSA) is 29.5 Å². The van der Waals surface area contributed by atoms with Crippen LogP contribution >= 0.6 is 0 Å². The Morgan fingerprint density at radius 1 is 1.31 bits per heavy atom. The molecule has 1 fully saturated rings. The van der Waals surface area contributed by atoms with E-state index in [1.54, 1.807) is 6.92 Å². The Labute approximate surface area is 97.3 Å². The van der Waals surface area contributed by atoms with E-state index in [0.717, 1.165) is 16.9 Å². The first-order valence-electron chi connectivity index (χ1n) is 6.12. The Kier molecular flexibility index (Phi) is 3.49. The van der Waals surface area contributed by atoms with E-state index in [2.05, 4.69) is 0 Å². The Morgan fingerprint density at radius 2 is 2.00 bits per heavy atom. The minimum atomic E-state index is -0.403. The summed E-state index contributed by atoms with van der Waals surface area (Å²) in [5.41, 5.74) is 2.07. The maximum Gasteiger partial charge on any atom is 0.122 e. The highest BCUT2D eigenvalue weighted by molar-refractivity contribution is 5.37. The van der Waals surface area contributed by atoms with Gasteiger partial charge in [-0.1, -0.05) is 6.07 Å². The molecule has 0 unspecified atom stereocenters. The van der Waals surface area contributed by atoms with E-state index in [1.165, 1.54) is 25.7 Å². The molecular formula is C14H20O2. The van der Waals surface area contributed by atoms with E-state index >= 15 is 0 Å². The van der Waals surface area contributed by atoms with Gasteiger partial charge in [0.2, 0.25) is 0 Å². The first-order valence-corrected chi connectivity index (χ1v) is 6.12. The van der Waals surface area contributed by atoms with Crippen LogP contribution in [0.5, 0.6) is 5.75 Å². The van der Waals surface area contributed by atoms with Crippen LogP contribution in [-0.2, 0) is 0 Å². The van der Waals surface area contributed by atoms with Crippen LogP contribution < -0.4 is 4.74 Å². The number of rotatable bonds is 3. The van der Waals surface area contributed by atoms with Crippen molar-refractivity contribution in [3.8, 4) is 5.75 Å². The summed E-state index contributed by atoms with van der Waals surface area (Å²) in [6.07, 6.45) is 4.93. The average molecular weight is 220 g/mol. The fraction of sp³-hybridized carbons (Fsp3) is 0.571. The van der Waals surface area contributed by atoms with Crippen molar-refractivity contribution in [2.45, 2.75) is 51.7 Å². The highest BCUT2D eigenvalue weighted by Gasteiger charge is 2.17. The quantitative estimate of drug-likeness (QED) is 0.846. The standard InChI is InChI=1S/C14H20O2/c1-10-9-12(11(2)15)7-8-14(10)16-13-5-3-4-6-13/h7-9,11,13,15H,3-6H2,1-2H3/t11-/m1/s1. The number of aliphatic hydroxyl groups is 1. The zero-order valence-corrected chi connectivity index (χ0v) is 10.1. The lowest BCUT2D eigenvalue weighted by Crippen LogP contribution is -2.11. The van der Waals surface area contributed by atoms with Crippen molar-refractivity contribution in [2.24, 2.45) is 0 Å². The summed E-state index contributed by atoms with van der Waals surface area (Å²) < 4.78 is 5.96. The molecule has 1 aromatic rings. The van der Waals surface area contributed by atoms with E-state index in [4.69, 9.17) is 4.74 Å². The van der Waals surface area contributed by atoms with Gasteiger partial charge in [0.25, 0.3) is 0 Å². The van der Waals surface area contributed by atoms with Gasteiger partial charge in [-0.25, -0.2) is 0 Å². The van der Waals surface area contributed by atoms with Gasteiger partial charge in [0.1, 0.15) is 5.75 Å². The lowest BCUT2D eigenvalue weighted by molar-refractivity contribution is 0.197. The highest BCUT2D eigenvalue weighted by Crippen LogP contribution is 2.28. The van der Waals surface area contributed by atoms with Crippen LogP contribution in [0, 0.1) is 6.92 Å². The molecule has 0 aromatic heterocycles. The second kappa shape index (κ2) is 4.88. The number of aryl methyl sites for hydroxylation is 1. The van der Waals surface area contributed by atoms with Gasteiger partial charge in [0.15, 0.2) is 0 Å².